The van der Waals surface area contributed by atoms with Gasteiger partial charge in [0.2, 0.25) is 0 Å². The van der Waals surface area contributed by atoms with Gasteiger partial charge in [-0.25, -0.2) is 4.39 Å². The number of piperazine rings is 1. The summed E-state index contributed by atoms with van der Waals surface area (Å²) in [4.78, 5) is 14.5. The Morgan fingerprint density at radius 3 is 2.57 bits per heavy atom. The summed E-state index contributed by atoms with van der Waals surface area (Å²) in [6.45, 7) is 4.14. The van der Waals surface area contributed by atoms with Gasteiger partial charge in [-0.15, -0.1) is 0 Å². The minimum Gasteiger partial charge on any atom is -0.363 e. The van der Waals surface area contributed by atoms with Crippen molar-refractivity contribution in [1.82, 2.24) is 4.90 Å². The lowest BCUT2D eigenvalue weighted by molar-refractivity contribution is -0.384. The van der Waals surface area contributed by atoms with Crippen LogP contribution in [0.15, 0.2) is 12.1 Å². The average Bonchev–Trinajstić information content (AvgIpc) is 2.48. The summed E-state index contributed by atoms with van der Waals surface area (Å²) in [6, 6.07) is 4.47. The van der Waals surface area contributed by atoms with Gasteiger partial charge in [-0.2, -0.15) is 5.26 Å². The van der Waals surface area contributed by atoms with E-state index in [1.165, 1.54) is 12.1 Å². The zero-order valence-corrected chi connectivity index (χ0v) is 13.6. The number of nitro groups is 1. The first kappa shape index (κ1) is 15.9. The van der Waals surface area contributed by atoms with Crippen molar-refractivity contribution in [2.45, 2.75) is 13.0 Å². The fraction of sp³-hybridized carbons (Fsp3) is 0.462. The van der Waals surface area contributed by atoms with E-state index in [1.807, 2.05) is 11.8 Å². The first-order valence-corrected chi connectivity index (χ1v) is 7.54. The van der Waals surface area contributed by atoms with E-state index in [4.69, 9.17) is 5.26 Å². The number of halogens is 2. The normalized spacial score (nSPS) is 17.3. The minimum atomic E-state index is -0.485. The van der Waals surface area contributed by atoms with Crippen molar-refractivity contribution in [3.63, 3.8) is 0 Å². The fourth-order valence-electron chi connectivity index (χ4n) is 2.36. The molecular formula is C13H14FIN4O2. The van der Waals surface area contributed by atoms with E-state index in [0.717, 1.165) is 0 Å². The van der Waals surface area contributed by atoms with E-state index < -0.39 is 10.7 Å². The van der Waals surface area contributed by atoms with Gasteiger partial charge >= 0.3 is 0 Å². The van der Waals surface area contributed by atoms with E-state index >= 15 is 0 Å². The van der Waals surface area contributed by atoms with Crippen molar-refractivity contribution in [1.29, 1.82) is 5.26 Å². The number of benzene rings is 1. The highest BCUT2D eigenvalue weighted by molar-refractivity contribution is 14.1. The van der Waals surface area contributed by atoms with Crippen LogP contribution in [0.2, 0.25) is 0 Å². The third-order valence-electron chi connectivity index (χ3n) is 3.60. The van der Waals surface area contributed by atoms with Crippen LogP contribution in [-0.2, 0) is 0 Å². The average molecular weight is 404 g/mol. The van der Waals surface area contributed by atoms with Crippen LogP contribution in [0.1, 0.15) is 6.92 Å². The number of hydrogen-bond donors (Lipinski definition) is 0. The van der Waals surface area contributed by atoms with Crippen molar-refractivity contribution in [2.75, 3.05) is 31.1 Å². The molecule has 0 aliphatic carbocycles. The first-order chi connectivity index (χ1) is 9.93. The van der Waals surface area contributed by atoms with Crippen LogP contribution >= 0.6 is 22.6 Å². The lowest BCUT2D eigenvalue weighted by Crippen LogP contribution is -2.49. The number of rotatable bonds is 3. The maximum absolute atomic E-state index is 13.7. The number of hydrogen-bond acceptors (Lipinski definition) is 5. The van der Waals surface area contributed by atoms with Crippen LogP contribution in [0.5, 0.6) is 0 Å². The Morgan fingerprint density at radius 2 is 2.05 bits per heavy atom. The summed E-state index contributed by atoms with van der Waals surface area (Å²) in [6.07, 6.45) is 0. The molecule has 1 heterocycles. The number of nitro benzene ring substituents is 1. The summed E-state index contributed by atoms with van der Waals surface area (Å²) in [5.41, 5.74) is 0.227. The number of nitriles is 1. The van der Waals surface area contributed by atoms with Gasteiger partial charge in [0.15, 0.2) is 0 Å². The highest BCUT2D eigenvalue weighted by atomic mass is 127. The van der Waals surface area contributed by atoms with E-state index in [9.17, 15) is 14.5 Å². The molecule has 1 fully saturated rings. The molecule has 1 aromatic carbocycles. The summed E-state index contributed by atoms with van der Waals surface area (Å²) in [7, 11) is 0. The van der Waals surface area contributed by atoms with Crippen LogP contribution in [0.25, 0.3) is 0 Å². The van der Waals surface area contributed by atoms with Crippen LogP contribution in [0, 0.1) is 30.8 Å². The quantitative estimate of drug-likeness (QED) is 0.440. The Kier molecular flexibility index (Phi) is 4.95. The molecule has 0 aromatic heterocycles. The fourth-order valence-corrected chi connectivity index (χ4v) is 2.81. The zero-order valence-electron chi connectivity index (χ0n) is 11.4. The molecule has 1 unspecified atom stereocenters. The minimum absolute atomic E-state index is 0.0809. The molecular weight excluding hydrogens is 390 g/mol. The van der Waals surface area contributed by atoms with Gasteiger partial charge in [0.1, 0.15) is 11.5 Å². The van der Waals surface area contributed by atoms with Gasteiger partial charge in [0.25, 0.3) is 5.69 Å². The molecule has 1 aliphatic rings. The second-order valence-corrected chi connectivity index (χ2v) is 6.00. The smallest absolute Gasteiger partial charge is 0.293 e. The van der Waals surface area contributed by atoms with Crippen molar-refractivity contribution in [2.24, 2.45) is 0 Å². The predicted octanol–water partition coefficient (Wildman–Crippen LogP) is 2.37. The molecule has 0 bridgehead atoms. The molecule has 0 spiro atoms. The van der Waals surface area contributed by atoms with E-state index in [1.54, 1.807) is 27.5 Å². The molecule has 6 nitrogen and oxygen atoms in total. The number of anilines is 1. The Labute approximate surface area is 135 Å². The largest absolute Gasteiger partial charge is 0.363 e. The predicted molar refractivity (Wildman–Crippen MR) is 84.6 cm³/mol. The second-order valence-electron chi connectivity index (χ2n) is 4.84. The summed E-state index contributed by atoms with van der Waals surface area (Å²) in [5.74, 6) is -0.455. The van der Waals surface area contributed by atoms with E-state index in [2.05, 4.69) is 6.07 Å². The van der Waals surface area contributed by atoms with Crippen molar-refractivity contribution >= 4 is 34.0 Å². The Hall–Kier alpha value is -1.47. The monoisotopic (exact) mass is 404 g/mol. The second kappa shape index (κ2) is 6.53. The standard InChI is InChI=1S/C13H14FIN4O2/c1-9(8-16)17-2-4-18(5-3-17)12-6-10(14)11(15)7-13(12)19(20)21/h6-7,9H,2-5H2,1H3. The van der Waals surface area contributed by atoms with Gasteiger partial charge in [0, 0.05) is 38.3 Å². The highest BCUT2D eigenvalue weighted by Crippen LogP contribution is 2.32. The van der Waals surface area contributed by atoms with E-state index in [-0.39, 0.29) is 15.3 Å². The third-order valence-corrected chi connectivity index (χ3v) is 4.43. The molecule has 0 N–H and O–H groups in total. The molecule has 2 rings (SSSR count). The maximum Gasteiger partial charge on any atom is 0.293 e. The summed E-state index contributed by atoms with van der Waals surface area (Å²) >= 11 is 1.75. The first-order valence-electron chi connectivity index (χ1n) is 6.46. The van der Waals surface area contributed by atoms with Gasteiger partial charge in [-0.05, 0) is 29.5 Å². The summed E-state index contributed by atoms with van der Waals surface area (Å²) in [5, 5.41) is 20.1. The molecule has 112 valence electrons. The third kappa shape index (κ3) is 3.41. The van der Waals surface area contributed by atoms with Crippen LogP contribution in [0.4, 0.5) is 15.8 Å². The maximum atomic E-state index is 13.7. The Balaban J connectivity index is 2.22. The molecule has 21 heavy (non-hydrogen) atoms. The van der Waals surface area contributed by atoms with Gasteiger partial charge in [-0.3, -0.25) is 15.0 Å². The van der Waals surface area contributed by atoms with Crippen molar-refractivity contribution in [3.8, 4) is 6.07 Å². The van der Waals surface area contributed by atoms with Gasteiger partial charge in [0.05, 0.1) is 20.6 Å². The topological polar surface area (TPSA) is 73.4 Å². The van der Waals surface area contributed by atoms with Gasteiger partial charge in [-0.1, -0.05) is 0 Å². The lowest BCUT2D eigenvalue weighted by Gasteiger charge is -2.36. The Bertz CT molecular complexity index is 597. The zero-order chi connectivity index (χ0) is 15.6. The molecule has 0 saturated carbocycles. The van der Waals surface area contributed by atoms with Crippen LogP contribution in [-0.4, -0.2) is 42.0 Å². The molecule has 1 atom stereocenters. The van der Waals surface area contributed by atoms with Crippen molar-refractivity contribution < 1.29 is 9.31 Å². The van der Waals surface area contributed by atoms with Crippen LogP contribution < -0.4 is 4.90 Å². The van der Waals surface area contributed by atoms with E-state index in [0.29, 0.717) is 31.9 Å². The molecule has 1 aliphatic heterocycles. The molecule has 1 saturated heterocycles. The molecule has 1 aromatic rings. The van der Waals surface area contributed by atoms with Crippen molar-refractivity contribution in [3.05, 3.63) is 31.6 Å². The lowest BCUT2D eigenvalue weighted by atomic mass is 10.2. The SMILES string of the molecule is CC(C#N)N1CCN(c2cc(F)c(I)cc2[N+](=O)[O-])CC1. The Morgan fingerprint density at radius 1 is 1.43 bits per heavy atom. The van der Waals surface area contributed by atoms with Gasteiger partial charge < -0.3 is 4.90 Å². The molecule has 0 radical (unpaired) electrons. The molecule has 8 heteroatoms. The molecule has 0 amide bonds. The van der Waals surface area contributed by atoms with Crippen LogP contribution in [0.3, 0.4) is 0 Å². The number of nitrogens with zero attached hydrogens (tertiary/aromatic N) is 4. The highest BCUT2D eigenvalue weighted by Gasteiger charge is 2.27. The summed E-state index contributed by atoms with van der Waals surface area (Å²) < 4.78 is 14.0.